The average molecular weight is 439 g/mol. The summed E-state index contributed by atoms with van der Waals surface area (Å²) in [6, 6.07) is 9.38. The Labute approximate surface area is 164 Å². The van der Waals surface area contributed by atoms with Gasteiger partial charge in [-0.2, -0.15) is 17.1 Å². The molecule has 0 saturated heterocycles. The van der Waals surface area contributed by atoms with Crippen LogP contribution in [-0.2, 0) is 5.75 Å². The molecule has 0 saturated carbocycles. The van der Waals surface area contributed by atoms with Crippen LogP contribution in [0.1, 0.15) is 11.3 Å². The number of hydrogen-bond donors (Lipinski definition) is 0. The largest absolute Gasteiger partial charge is 0.673 e. The summed E-state index contributed by atoms with van der Waals surface area (Å²) in [4.78, 5) is 4.63. The van der Waals surface area contributed by atoms with E-state index in [1.807, 2.05) is 32.8 Å². The SMILES string of the molecule is Cc1c(OCC(F)(F)F)cc[n+]2c1CSn1c-2nc2ccccc21.F[B-](F)(F)F. The van der Waals surface area contributed by atoms with Gasteiger partial charge in [-0.1, -0.05) is 17.1 Å². The molecule has 3 aromatic rings. The van der Waals surface area contributed by atoms with Crippen molar-refractivity contribution < 1.29 is 39.7 Å². The summed E-state index contributed by atoms with van der Waals surface area (Å²) >= 11 is 1.57. The first-order valence-electron chi connectivity index (χ1n) is 8.16. The van der Waals surface area contributed by atoms with E-state index in [0.29, 0.717) is 11.3 Å². The first-order chi connectivity index (χ1) is 13.4. The quantitative estimate of drug-likeness (QED) is 0.324. The van der Waals surface area contributed by atoms with Crippen LogP contribution in [0.3, 0.4) is 0 Å². The number of aromatic nitrogens is 3. The molecular weight excluding hydrogens is 426 g/mol. The lowest BCUT2D eigenvalue weighted by atomic mass is 10.2. The smallest absolute Gasteiger partial charge is 0.484 e. The number of halogens is 7. The second-order valence-corrected chi connectivity index (χ2v) is 6.90. The molecule has 0 fully saturated rings. The van der Waals surface area contributed by atoms with Crippen molar-refractivity contribution in [1.29, 1.82) is 0 Å². The second kappa shape index (κ2) is 7.77. The molecule has 1 aromatic carbocycles. The Morgan fingerprint density at radius 1 is 1.17 bits per heavy atom. The lowest BCUT2D eigenvalue weighted by Crippen LogP contribution is -2.41. The number of hydrogen-bond acceptors (Lipinski definition) is 3. The summed E-state index contributed by atoms with van der Waals surface area (Å²) in [6.45, 7) is 0.485. The fourth-order valence-electron chi connectivity index (χ4n) is 2.76. The van der Waals surface area contributed by atoms with Crippen molar-refractivity contribution in [2.45, 2.75) is 18.9 Å². The van der Waals surface area contributed by atoms with Gasteiger partial charge >= 0.3 is 19.4 Å². The Morgan fingerprint density at radius 2 is 1.83 bits per heavy atom. The minimum atomic E-state index is -6.00. The van der Waals surface area contributed by atoms with Crippen LogP contribution >= 0.6 is 11.9 Å². The molecule has 0 spiro atoms. The minimum absolute atomic E-state index is 0.253. The van der Waals surface area contributed by atoms with Gasteiger partial charge in [-0.3, -0.25) is 0 Å². The number of para-hydroxylation sites is 2. The van der Waals surface area contributed by atoms with Crippen LogP contribution in [0.4, 0.5) is 30.4 Å². The van der Waals surface area contributed by atoms with Crippen LogP contribution in [0.5, 0.6) is 5.75 Å². The van der Waals surface area contributed by atoms with Crippen LogP contribution < -0.4 is 9.30 Å². The van der Waals surface area contributed by atoms with Crippen LogP contribution in [0.2, 0.25) is 0 Å². The number of fused-ring (bicyclic) bond motifs is 5. The highest BCUT2D eigenvalue weighted by Crippen LogP contribution is 2.31. The fraction of sp³-hybridized carbons (Fsp3) is 0.250. The number of alkyl halides is 3. The molecule has 0 bridgehead atoms. The van der Waals surface area contributed by atoms with Gasteiger partial charge in [-0.25, -0.2) is 4.57 Å². The molecule has 2 aromatic heterocycles. The lowest BCUT2D eigenvalue weighted by molar-refractivity contribution is -0.612. The zero-order chi connectivity index (χ0) is 21.4. The van der Waals surface area contributed by atoms with Gasteiger partial charge in [0.1, 0.15) is 11.4 Å². The predicted octanol–water partition coefficient (Wildman–Crippen LogP) is 4.87. The molecule has 0 unspecified atom stereocenters. The first kappa shape index (κ1) is 21.3. The maximum atomic E-state index is 12.4. The molecule has 3 heterocycles. The zero-order valence-corrected chi connectivity index (χ0v) is 15.6. The third-order valence-electron chi connectivity index (χ3n) is 3.91. The number of ether oxygens (including phenoxy) is 1. The summed E-state index contributed by atoms with van der Waals surface area (Å²) in [7, 11) is -6.00. The van der Waals surface area contributed by atoms with Crippen molar-refractivity contribution in [2.75, 3.05) is 6.61 Å². The van der Waals surface area contributed by atoms with E-state index in [9.17, 15) is 30.4 Å². The fourth-order valence-corrected chi connectivity index (χ4v) is 3.90. The number of rotatable bonds is 2. The van der Waals surface area contributed by atoms with Gasteiger partial charge in [0.15, 0.2) is 17.6 Å². The van der Waals surface area contributed by atoms with Crippen molar-refractivity contribution in [3.05, 3.63) is 47.8 Å². The highest BCUT2D eigenvalue weighted by atomic mass is 32.2. The second-order valence-electron chi connectivity index (χ2n) is 5.99. The standard InChI is InChI=1S/C16H13F3N3OS.BF4/c1-10-13-8-24-22-12-5-3-2-4-11(12)20-15(22)21(13)7-6-14(10)23-9-16(17,18)19;2-1(3,4)5/h2-7H,8-9H2,1H3;/q+1;-1. The maximum Gasteiger partial charge on any atom is 0.673 e. The van der Waals surface area contributed by atoms with E-state index in [1.54, 1.807) is 31.1 Å². The van der Waals surface area contributed by atoms with E-state index in [1.165, 1.54) is 0 Å². The number of nitrogens with zero attached hydrogens (tertiary/aromatic N) is 3. The summed E-state index contributed by atoms with van der Waals surface area (Å²) in [6.07, 6.45) is -2.64. The van der Waals surface area contributed by atoms with Crippen LogP contribution in [0, 0.1) is 6.92 Å². The molecule has 0 amide bonds. The first-order valence-corrected chi connectivity index (χ1v) is 9.10. The highest BCUT2D eigenvalue weighted by molar-refractivity contribution is 7.97. The van der Waals surface area contributed by atoms with E-state index in [4.69, 9.17) is 4.74 Å². The van der Waals surface area contributed by atoms with Crippen molar-refractivity contribution in [3.8, 4) is 11.7 Å². The number of imidazole rings is 1. The van der Waals surface area contributed by atoms with Gasteiger partial charge in [-0.05, 0) is 19.1 Å². The van der Waals surface area contributed by atoms with Gasteiger partial charge in [-0.15, -0.1) is 0 Å². The van der Waals surface area contributed by atoms with E-state index < -0.39 is 20.0 Å². The molecular formula is C16H13BF7N3OS. The predicted molar refractivity (Wildman–Crippen MR) is 94.4 cm³/mol. The molecule has 29 heavy (non-hydrogen) atoms. The Kier molecular flexibility index (Phi) is 5.70. The van der Waals surface area contributed by atoms with Crippen molar-refractivity contribution in [2.24, 2.45) is 0 Å². The number of benzene rings is 1. The Morgan fingerprint density at radius 3 is 2.48 bits per heavy atom. The topological polar surface area (TPSA) is 30.9 Å². The van der Waals surface area contributed by atoms with Gasteiger partial charge in [0, 0.05) is 23.6 Å². The summed E-state index contributed by atoms with van der Waals surface area (Å²) in [5.74, 6) is 1.62. The van der Waals surface area contributed by atoms with E-state index >= 15 is 0 Å². The normalized spacial score (nSPS) is 13.4. The third-order valence-corrected chi connectivity index (χ3v) is 4.93. The third kappa shape index (κ3) is 5.14. The molecule has 156 valence electrons. The highest BCUT2D eigenvalue weighted by Gasteiger charge is 2.32. The minimum Gasteiger partial charge on any atom is -0.484 e. The Bertz CT molecular complexity index is 1030. The van der Waals surface area contributed by atoms with Gasteiger partial charge in [0.05, 0.1) is 11.9 Å². The number of pyridine rings is 1. The van der Waals surface area contributed by atoms with Crippen molar-refractivity contribution >= 4 is 30.2 Å². The molecule has 1 aliphatic rings. The molecule has 4 nitrogen and oxygen atoms in total. The van der Waals surface area contributed by atoms with Crippen LogP contribution in [0.25, 0.3) is 17.0 Å². The maximum absolute atomic E-state index is 12.4. The monoisotopic (exact) mass is 439 g/mol. The van der Waals surface area contributed by atoms with E-state index in [-0.39, 0.29) is 5.75 Å². The lowest BCUT2D eigenvalue weighted by Gasteiger charge is -2.18. The molecule has 4 rings (SSSR count). The molecule has 0 radical (unpaired) electrons. The van der Waals surface area contributed by atoms with Gasteiger partial charge in [0.25, 0.3) is 0 Å². The average Bonchev–Trinajstić information content (AvgIpc) is 2.98. The molecule has 0 atom stereocenters. The molecule has 1 aliphatic heterocycles. The zero-order valence-electron chi connectivity index (χ0n) is 14.8. The molecule has 0 N–H and O–H groups in total. The van der Waals surface area contributed by atoms with Gasteiger partial charge < -0.3 is 22.0 Å². The summed E-state index contributed by atoms with van der Waals surface area (Å²) in [5, 5.41) is 0. The van der Waals surface area contributed by atoms with E-state index in [0.717, 1.165) is 22.7 Å². The van der Waals surface area contributed by atoms with Crippen LogP contribution in [0.15, 0.2) is 36.5 Å². The molecule has 0 aliphatic carbocycles. The van der Waals surface area contributed by atoms with Crippen molar-refractivity contribution in [3.63, 3.8) is 0 Å². The van der Waals surface area contributed by atoms with Crippen LogP contribution in [-0.4, -0.2) is 29.0 Å². The summed E-state index contributed by atoms with van der Waals surface area (Å²) < 4.78 is 85.0. The molecule has 13 heteroatoms. The summed E-state index contributed by atoms with van der Waals surface area (Å²) in [5.41, 5.74) is 3.50. The Hall–Kier alpha value is -2.44. The Balaban J connectivity index is 0.000000431. The van der Waals surface area contributed by atoms with Gasteiger partial charge in [0.2, 0.25) is 0 Å². The van der Waals surface area contributed by atoms with E-state index in [2.05, 4.69) is 4.98 Å². The van der Waals surface area contributed by atoms with Crippen molar-refractivity contribution in [1.82, 2.24) is 8.96 Å².